The lowest BCUT2D eigenvalue weighted by molar-refractivity contribution is -0.167. The summed E-state index contributed by atoms with van der Waals surface area (Å²) >= 11 is 0. The van der Waals surface area contributed by atoms with Crippen molar-refractivity contribution in [3.63, 3.8) is 0 Å². The first-order valence-electron chi connectivity index (χ1n) is 32.3. The number of unbranched alkanes of at least 4 members (excludes halogenated alkanes) is 15. The molecule has 1 unspecified atom stereocenters. The van der Waals surface area contributed by atoms with Crippen LogP contribution in [0.15, 0.2) is 182 Å². The topological polar surface area (TPSA) is 78.9 Å². The van der Waals surface area contributed by atoms with Crippen LogP contribution in [0.25, 0.3) is 0 Å². The van der Waals surface area contributed by atoms with Crippen LogP contribution in [-0.2, 0) is 28.6 Å². The Bertz CT molecular complexity index is 1900. The average Bonchev–Trinajstić information content (AvgIpc) is 3.47. The number of ether oxygens (including phenoxy) is 3. The van der Waals surface area contributed by atoms with E-state index in [9.17, 15) is 14.4 Å². The van der Waals surface area contributed by atoms with Gasteiger partial charge in [0.2, 0.25) is 0 Å². The summed E-state index contributed by atoms with van der Waals surface area (Å²) in [6, 6.07) is 0. The fourth-order valence-corrected chi connectivity index (χ4v) is 8.17. The molecule has 0 saturated heterocycles. The van der Waals surface area contributed by atoms with Gasteiger partial charge in [0.1, 0.15) is 13.2 Å². The van der Waals surface area contributed by atoms with Crippen molar-refractivity contribution >= 4 is 17.9 Å². The highest BCUT2D eigenvalue weighted by Gasteiger charge is 2.19. The van der Waals surface area contributed by atoms with E-state index in [0.29, 0.717) is 19.3 Å². The SMILES string of the molecule is CC/C=C\C/C=C\C/C=C\C/C=C\C/C=C\C/C=C\C/C=C\CCCCCCCCCCCCCC(=O)OCC(COC(=O)CCCC/C=C\C/C=C\C/C=C\C/C=C\CC)OC(=O)CCCC/C=C\C/C=C\C/C=C\C/C=C\CC. The van der Waals surface area contributed by atoms with Crippen molar-refractivity contribution in [3.8, 4) is 0 Å². The number of allylic oxidation sites excluding steroid dienone is 30. The molecule has 0 fully saturated rings. The molecule has 0 aliphatic carbocycles. The third kappa shape index (κ3) is 65.2. The van der Waals surface area contributed by atoms with Gasteiger partial charge in [0.15, 0.2) is 6.10 Å². The third-order valence-corrected chi connectivity index (χ3v) is 12.9. The van der Waals surface area contributed by atoms with Gasteiger partial charge in [-0.15, -0.1) is 0 Å². The minimum Gasteiger partial charge on any atom is -0.462 e. The van der Waals surface area contributed by atoms with Crippen LogP contribution in [0.2, 0.25) is 0 Å². The molecule has 6 nitrogen and oxygen atoms in total. The molecule has 6 heteroatoms. The lowest BCUT2D eigenvalue weighted by Gasteiger charge is -2.18. The first-order chi connectivity index (χ1) is 40.0. The van der Waals surface area contributed by atoms with Crippen molar-refractivity contribution < 1.29 is 28.6 Å². The molecule has 0 bridgehead atoms. The second-order valence-electron chi connectivity index (χ2n) is 20.5. The molecule has 0 spiro atoms. The normalized spacial score (nSPS) is 13.4. The van der Waals surface area contributed by atoms with E-state index < -0.39 is 6.10 Å². The average molecular weight is 1110 g/mol. The van der Waals surface area contributed by atoms with Crippen molar-refractivity contribution in [2.24, 2.45) is 0 Å². The highest BCUT2D eigenvalue weighted by Crippen LogP contribution is 2.14. The molecular formula is C75H116O6. The molecule has 1 atom stereocenters. The molecule has 0 aromatic heterocycles. The molecule has 0 aliphatic rings. The van der Waals surface area contributed by atoms with Crippen LogP contribution in [0.3, 0.4) is 0 Å². The molecule has 0 aliphatic heterocycles. The van der Waals surface area contributed by atoms with E-state index in [0.717, 1.165) is 141 Å². The second kappa shape index (κ2) is 67.0. The quantitative estimate of drug-likeness (QED) is 0.0261. The van der Waals surface area contributed by atoms with Gasteiger partial charge in [-0.25, -0.2) is 0 Å². The van der Waals surface area contributed by atoms with E-state index in [-0.39, 0.29) is 44.0 Å². The lowest BCUT2D eigenvalue weighted by Crippen LogP contribution is -2.30. The number of hydrogen-bond donors (Lipinski definition) is 0. The van der Waals surface area contributed by atoms with Crippen LogP contribution >= 0.6 is 0 Å². The number of rotatable bonds is 56. The molecule has 0 N–H and O–H groups in total. The van der Waals surface area contributed by atoms with Crippen LogP contribution in [-0.4, -0.2) is 37.2 Å². The number of carbonyl (C=O) groups is 3. The standard InChI is InChI=1S/C75H116O6/c1-4-7-10-13-16-19-22-25-28-29-30-31-32-33-34-35-36-37-38-39-40-41-42-43-44-45-48-50-53-56-59-62-65-68-74(77)80-71-72(81-75(78)69-66-63-60-57-54-51-47-27-24-21-18-15-12-9-6-3)70-79-73(76)67-64-61-58-55-52-49-46-26-23-20-17-14-11-8-5-2/h7-12,16-21,25-28,30-31,33-34,36-37,39-40,46-47,52,54-55,57,72H,4-6,13-15,22-24,29,32,35,38,41-45,48-51,53,56,58-71H2,1-3H3/b10-7-,11-8-,12-9-,19-16-,20-17-,21-18-,28-25-,31-30-,34-33-,37-36-,40-39-,46-26-,47-27-,55-52-,57-54-. The van der Waals surface area contributed by atoms with Crippen LogP contribution in [0.4, 0.5) is 0 Å². The molecule has 0 aromatic carbocycles. The van der Waals surface area contributed by atoms with Crippen molar-refractivity contribution in [1.82, 2.24) is 0 Å². The van der Waals surface area contributed by atoms with Gasteiger partial charge in [0, 0.05) is 19.3 Å². The maximum atomic E-state index is 12.9. The Morgan fingerprint density at radius 1 is 0.247 bits per heavy atom. The van der Waals surface area contributed by atoms with E-state index in [2.05, 4.69) is 203 Å². The number of carbonyl (C=O) groups excluding carboxylic acids is 3. The van der Waals surface area contributed by atoms with E-state index in [1.165, 1.54) is 57.8 Å². The zero-order chi connectivity index (χ0) is 58.5. The van der Waals surface area contributed by atoms with Crippen LogP contribution in [0.5, 0.6) is 0 Å². The summed E-state index contributed by atoms with van der Waals surface area (Å²) < 4.78 is 16.8. The van der Waals surface area contributed by atoms with Crippen LogP contribution < -0.4 is 0 Å². The summed E-state index contributed by atoms with van der Waals surface area (Å²) in [4.78, 5) is 38.3. The van der Waals surface area contributed by atoms with E-state index >= 15 is 0 Å². The Morgan fingerprint density at radius 2 is 0.444 bits per heavy atom. The summed E-state index contributed by atoms with van der Waals surface area (Å²) in [5, 5.41) is 0. The predicted octanol–water partition coefficient (Wildman–Crippen LogP) is 22.4. The predicted molar refractivity (Wildman–Crippen MR) is 352 cm³/mol. The van der Waals surface area contributed by atoms with E-state index in [1.54, 1.807) is 0 Å². The molecule has 0 heterocycles. The highest BCUT2D eigenvalue weighted by atomic mass is 16.6. The van der Waals surface area contributed by atoms with E-state index in [4.69, 9.17) is 14.2 Å². The third-order valence-electron chi connectivity index (χ3n) is 12.9. The molecule has 0 rings (SSSR count). The molecule has 81 heavy (non-hydrogen) atoms. The Morgan fingerprint density at radius 3 is 0.716 bits per heavy atom. The molecule has 0 saturated carbocycles. The summed E-state index contributed by atoms with van der Waals surface area (Å²) in [6.07, 6.45) is 101. The summed E-state index contributed by atoms with van der Waals surface area (Å²) in [5.41, 5.74) is 0. The van der Waals surface area contributed by atoms with Gasteiger partial charge in [-0.05, 0) is 154 Å². The monoisotopic (exact) mass is 1110 g/mol. The maximum absolute atomic E-state index is 12.9. The first-order valence-corrected chi connectivity index (χ1v) is 32.3. The summed E-state index contributed by atoms with van der Waals surface area (Å²) in [7, 11) is 0. The van der Waals surface area contributed by atoms with Gasteiger partial charge in [0.25, 0.3) is 0 Å². The largest absolute Gasteiger partial charge is 0.462 e. The van der Waals surface area contributed by atoms with Gasteiger partial charge in [0.05, 0.1) is 0 Å². The van der Waals surface area contributed by atoms with Gasteiger partial charge >= 0.3 is 17.9 Å². The lowest BCUT2D eigenvalue weighted by atomic mass is 10.0. The van der Waals surface area contributed by atoms with E-state index in [1.807, 2.05) is 0 Å². The molecule has 0 amide bonds. The van der Waals surface area contributed by atoms with Crippen LogP contribution in [0.1, 0.15) is 252 Å². The molecule has 0 aromatic rings. The zero-order valence-corrected chi connectivity index (χ0v) is 51.7. The van der Waals surface area contributed by atoms with Crippen molar-refractivity contribution in [2.75, 3.05) is 13.2 Å². The summed E-state index contributed by atoms with van der Waals surface area (Å²) in [5.74, 6) is -1.01. The first kappa shape index (κ1) is 75.5. The Labute approximate surface area is 497 Å². The van der Waals surface area contributed by atoms with Crippen molar-refractivity contribution in [1.29, 1.82) is 0 Å². The minimum atomic E-state index is -0.828. The minimum absolute atomic E-state index is 0.118. The van der Waals surface area contributed by atoms with Gasteiger partial charge < -0.3 is 14.2 Å². The van der Waals surface area contributed by atoms with Crippen LogP contribution in [0, 0.1) is 0 Å². The maximum Gasteiger partial charge on any atom is 0.306 e. The van der Waals surface area contributed by atoms with Crippen molar-refractivity contribution in [2.45, 2.75) is 258 Å². The van der Waals surface area contributed by atoms with Gasteiger partial charge in [-0.2, -0.15) is 0 Å². The van der Waals surface area contributed by atoms with Gasteiger partial charge in [-0.3, -0.25) is 14.4 Å². The fourth-order valence-electron chi connectivity index (χ4n) is 8.17. The number of hydrogen-bond acceptors (Lipinski definition) is 6. The Kier molecular flexibility index (Phi) is 62.5. The fraction of sp³-hybridized carbons (Fsp3) is 0.560. The zero-order valence-electron chi connectivity index (χ0n) is 51.7. The van der Waals surface area contributed by atoms with Gasteiger partial charge in [-0.1, -0.05) is 261 Å². The molecular weight excluding hydrogens is 997 g/mol. The second-order valence-corrected chi connectivity index (χ2v) is 20.5. The highest BCUT2D eigenvalue weighted by molar-refractivity contribution is 5.71. The molecule has 452 valence electrons. The Hall–Kier alpha value is -5.49. The molecule has 0 radical (unpaired) electrons. The number of esters is 3. The summed E-state index contributed by atoms with van der Waals surface area (Å²) in [6.45, 7) is 6.21. The van der Waals surface area contributed by atoms with Crippen molar-refractivity contribution in [3.05, 3.63) is 182 Å². The Balaban J connectivity index is 4.34. The smallest absolute Gasteiger partial charge is 0.306 e.